The SMILES string of the molecule is COc1cccc(NC(=O)/C=C/c2ccc(C(=O)NC3CC3)cc2)c1. The number of ether oxygens (including phenoxy) is 1. The van der Waals surface area contributed by atoms with Crippen molar-refractivity contribution < 1.29 is 14.3 Å². The molecule has 0 unspecified atom stereocenters. The summed E-state index contributed by atoms with van der Waals surface area (Å²) in [5.41, 5.74) is 2.15. The third-order valence-electron chi connectivity index (χ3n) is 3.85. The van der Waals surface area contributed by atoms with Crippen molar-refractivity contribution in [2.45, 2.75) is 18.9 Å². The summed E-state index contributed by atoms with van der Waals surface area (Å²) < 4.78 is 5.12. The Labute approximate surface area is 146 Å². The molecule has 2 amide bonds. The molecule has 2 aromatic rings. The zero-order valence-electron chi connectivity index (χ0n) is 14.0. The number of amides is 2. The Kier molecular flexibility index (Phi) is 5.14. The minimum absolute atomic E-state index is 0.0474. The quantitative estimate of drug-likeness (QED) is 0.796. The van der Waals surface area contributed by atoms with E-state index >= 15 is 0 Å². The van der Waals surface area contributed by atoms with Gasteiger partial charge in [0.25, 0.3) is 5.91 Å². The van der Waals surface area contributed by atoms with Gasteiger partial charge in [-0.25, -0.2) is 0 Å². The summed E-state index contributed by atoms with van der Waals surface area (Å²) in [5, 5.41) is 5.72. The predicted molar refractivity (Wildman–Crippen MR) is 97.6 cm³/mol. The van der Waals surface area contributed by atoms with Gasteiger partial charge in [0.1, 0.15) is 5.75 Å². The monoisotopic (exact) mass is 336 g/mol. The minimum Gasteiger partial charge on any atom is -0.497 e. The fourth-order valence-electron chi connectivity index (χ4n) is 2.30. The van der Waals surface area contributed by atoms with Gasteiger partial charge >= 0.3 is 0 Å². The van der Waals surface area contributed by atoms with E-state index in [2.05, 4.69) is 10.6 Å². The Bertz CT molecular complexity index is 793. The molecule has 0 aromatic heterocycles. The van der Waals surface area contributed by atoms with Crippen LogP contribution in [0.2, 0.25) is 0 Å². The van der Waals surface area contributed by atoms with E-state index in [0.717, 1.165) is 18.4 Å². The van der Waals surface area contributed by atoms with Crippen LogP contribution in [-0.4, -0.2) is 25.0 Å². The van der Waals surface area contributed by atoms with Crippen LogP contribution in [0.5, 0.6) is 5.75 Å². The summed E-state index contributed by atoms with van der Waals surface area (Å²) >= 11 is 0. The first-order chi connectivity index (χ1) is 12.1. The molecule has 0 spiro atoms. The maximum Gasteiger partial charge on any atom is 0.251 e. The van der Waals surface area contributed by atoms with Gasteiger partial charge in [0.05, 0.1) is 7.11 Å². The van der Waals surface area contributed by atoms with Gasteiger partial charge in [0, 0.05) is 29.4 Å². The molecule has 0 atom stereocenters. The van der Waals surface area contributed by atoms with Crippen molar-refractivity contribution in [1.29, 1.82) is 0 Å². The van der Waals surface area contributed by atoms with Gasteiger partial charge in [-0.15, -0.1) is 0 Å². The van der Waals surface area contributed by atoms with E-state index in [-0.39, 0.29) is 11.8 Å². The normalized spacial score (nSPS) is 13.5. The van der Waals surface area contributed by atoms with Crippen LogP contribution in [0.3, 0.4) is 0 Å². The lowest BCUT2D eigenvalue weighted by Gasteiger charge is -2.05. The number of carbonyl (C=O) groups is 2. The predicted octanol–water partition coefficient (Wildman–Crippen LogP) is 3.24. The molecule has 2 N–H and O–H groups in total. The molecule has 0 bridgehead atoms. The summed E-state index contributed by atoms with van der Waals surface area (Å²) in [6, 6.07) is 14.7. The minimum atomic E-state index is -0.233. The van der Waals surface area contributed by atoms with Gasteiger partial charge in [-0.3, -0.25) is 9.59 Å². The van der Waals surface area contributed by atoms with Crippen molar-refractivity contribution in [1.82, 2.24) is 5.32 Å². The van der Waals surface area contributed by atoms with Crippen molar-refractivity contribution >= 4 is 23.6 Å². The number of carbonyl (C=O) groups excluding carboxylic acids is 2. The highest BCUT2D eigenvalue weighted by Crippen LogP contribution is 2.19. The van der Waals surface area contributed by atoms with Gasteiger partial charge in [-0.2, -0.15) is 0 Å². The Morgan fingerprint density at radius 1 is 1.12 bits per heavy atom. The fourth-order valence-corrected chi connectivity index (χ4v) is 2.30. The molecule has 0 radical (unpaired) electrons. The molecule has 25 heavy (non-hydrogen) atoms. The Hall–Kier alpha value is -3.08. The largest absolute Gasteiger partial charge is 0.497 e. The van der Waals surface area contributed by atoms with E-state index in [1.54, 1.807) is 37.5 Å². The first-order valence-electron chi connectivity index (χ1n) is 8.18. The second-order valence-electron chi connectivity index (χ2n) is 5.92. The van der Waals surface area contributed by atoms with Gasteiger partial charge < -0.3 is 15.4 Å². The number of hydrogen-bond donors (Lipinski definition) is 2. The summed E-state index contributed by atoms with van der Waals surface area (Å²) in [6.45, 7) is 0. The molecule has 128 valence electrons. The van der Waals surface area contributed by atoms with Crippen LogP contribution >= 0.6 is 0 Å². The zero-order valence-corrected chi connectivity index (χ0v) is 14.0. The first kappa shape index (κ1) is 16.8. The number of rotatable bonds is 6. The molecule has 1 saturated carbocycles. The Morgan fingerprint density at radius 2 is 1.88 bits per heavy atom. The molecule has 2 aromatic carbocycles. The summed E-state index contributed by atoms with van der Waals surface area (Å²) in [4.78, 5) is 23.9. The van der Waals surface area contributed by atoms with Crippen molar-refractivity contribution in [2.75, 3.05) is 12.4 Å². The number of anilines is 1. The maximum absolute atomic E-state index is 12.0. The molecule has 3 rings (SSSR count). The molecule has 0 saturated heterocycles. The van der Waals surface area contributed by atoms with Gasteiger partial charge in [0.2, 0.25) is 5.91 Å². The van der Waals surface area contributed by atoms with E-state index in [0.29, 0.717) is 23.0 Å². The molecule has 0 aliphatic heterocycles. The van der Waals surface area contributed by atoms with Gasteiger partial charge in [0.15, 0.2) is 0 Å². The molecule has 1 aliphatic rings. The molecule has 1 aliphatic carbocycles. The molecule has 5 nitrogen and oxygen atoms in total. The van der Waals surface area contributed by atoms with Crippen molar-refractivity contribution in [3.05, 3.63) is 65.7 Å². The second-order valence-corrected chi connectivity index (χ2v) is 5.92. The van der Waals surface area contributed by atoms with Crippen LogP contribution < -0.4 is 15.4 Å². The fraction of sp³-hybridized carbons (Fsp3) is 0.200. The summed E-state index contributed by atoms with van der Waals surface area (Å²) in [5.74, 6) is 0.402. The van der Waals surface area contributed by atoms with Crippen LogP contribution in [0.25, 0.3) is 6.08 Å². The highest BCUT2D eigenvalue weighted by atomic mass is 16.5. The van der Waals surface area contributed by atoms with Crippen LogP contribution in [0.15, 0.2) is 54.6 Å². The number of methoxy groups -OCH3 is 1. The van der Waals surface area contributed by atoms with E-state index in [1.165, 1.54) is 6.08 Å². The van der Waals surface area contributed by atoms with E-state index in [1.807, 2.05) is 24.3 Å². The molecule has 1 fully saturated rings. The van der Waals surface area contributed by atoms with Gasteiger partial charge in [-0.05, 0) is 48.7 Å². The van der Waals surface area contributed by atoms with E-state index < -0.39 is 0 Å². The smallest absolute Gasteiger partial charge is 0.251 e. The third kappa shape index (κ3) is 4.94. The van der Waals surface area contributed by atoms with Gasteiger partial charge in [-0.1, -0.05) is 18.2 Å². The summed E-state index contributed by atoms with van der Waals surface area (Å²) in [7, 11) is 1.58. The Morgan fingerprint density at radius 3 is 2.56 bits per heavy atom. The second kappa shape index (κ2) is 7.66. The molecular formula is C20H20N2O3. The standard InChI is InChI=1S/C20H20N2O3/c1-25-18-4-2-3-17(13-18)21-19(23)12-7-14-5-8-15(9-6-14)20(24)22-16-10-11-16/h2-9,12-13,16H,10-11H2,1H3,(H,21,23)(H,22,24)/b12-7+. The molecule has 5 heteroatoms. The zero-order chi connectivity index (χ0) is 17.6. The number of nitrogens with one attached hydrogen (secondary N) is 2. The summed E-state index contributed by atoms with van der Waals surface area (Å²) in [6.07, 6.45) is 5.29. The average molecular weight is 336 g/mol. The highest BCUT2D eigenvalue weighted by Gasteiger charge is 2.23. The lowest BCUT2D eigenvalue weighted by atomic mass is 10.1. The van der Waals surface area contributed by atoms with E-state index in [9.17, 15) is 9.59 Å². The Balaban J connectivity index is 1.57. The van der Waals surface area contributed by atoms with Crippen LogP contribution in [0.4, 0.5) is 5.69 Å². The van der Waals surface area contributed by atoms with Crippen molar-refractivity contribution in [2.24, 2.45) is 0 Å². The van der Waals surface area contributed by atoms with Crippen LogP contribution in [0, 0.1) is 0 Å². The number of hydrogen-bond acceptors (Lipinski definition) is 3. The maximum atomic E-state index is 12.0. The average Bonchev–Trinajstić information content (AvgIpc) is 3.44. The van der Waals surface area contributed by atoms with Crippen LogP contribution in [0.1, 0.15) is 28.8 Å². The lowest BCUT2D eigenvalue weighted by Crippen LogP contribution is -2.25. The van der Waals surface area contributed by atoms with Crippen LogP contribution in [-0.2, 0) is 4.79 Å². The van der Waals surface area contributed by atoms with E-state index in [4.69, 9.17) is 4.74 Å². The lowest BCUT2D eigenvalue weighted by molar-refractivity contribution is -0.111. The third-order valence-corrected chi connectivity index (χ3v) is 3.85. The first-order valence-corrected chi connectivity index (χ1v) is 8.18. The molecule has 0 heterocycles. The van der Waals surface area contributed by atoms with Crippen molar-refractivity contribution in [3.63, 3.8) is 0 Å². The molecular weight excluding hydrogens is 316 g/mol. The highest BCUT2D eigenvalue weighted by molar-refractivity contribution is 6.02. The topological polar surface area (TPSA) is 67.4 Å². The number of benzene rings is 2. The van der Waals surface area contributed by atoms with Crippen molar-refractivity contribution in [3.8, 4) is 5.75 Å².